The molecule has 2 N–H and O–H groups in total. The van der Waals surface area contributed by atoms with E-state index in [9.17, 15) is 10.2 Å². The number of halogens is 2. The van der Waals surface area contributed by atoms with Crippen LogP contribution in [0, 0.1) is 36.3 Å². The van der Waals surface area contributed by atoms with Crippen LogP contribution in [-0.2, 0) is 21.7 Å². The lowest BCUT2D eigenvalue weighted by molar-refractivity contribution is 0.283. The van der Waals surface area contributed by atoms with Gasteiger partial charge >= 0.3 is 0 Å². The van der Waals surface area contributed by atoms with Gasteiger partial charge in [0, 0.05) is 43.8 Å². The first-order valence-corrected chi connectivity index (χ1v) is 31.4. The van der Waals surface area contributed by atoms with Gasteiger partial charge in [-0.05, 0) is 165 Å². The highest BCUT2D eigenvalue weighted by Gasteiger charge is 2.34. The highest BCUT2D eigenvalue weighted by molar-refractivity contribution is 6.35. The molecular formula is C76H86F2N2O4Si. The van der Waals surface area contributed by atoms with Crippen molar-refractivity contribution in [1.29, 1.82) is 0 Å². The Balaban J connectivity index is 1.05. The number of aryl methyl sites for hydroxylation is 2. The number of ether oxygens (including phenoxy) is 2. The molecule has 442 valence electrons. The Morgan fingerprint density at radius 1 is 0.400 bits per heavy atom. The lowest BCUT2D eigenvalue weighted by atomic mass is 9.71. The highest BCUT2D eigenvalue weighted by Crippen LogP contribution is 2.51. The van der Waals surface area contributed by atoms with E-state index in [1.165, 1.54) is 35.4 Å². The van der Waals surface area contributed by atoms with Crippen LogP contribution in [0.3, 0.4) is 0 Å². The molecule has 0 spiro atoms. The summed E-state index contributed by atoms with van der Waals surface area (Å²) in [6.45, 7) is 39.4. The van der Waals surface area contributed by atoms with Crippen LogP contribution in [0.1, 0.15) is 157 Å². The highest BCUT2D eigenvalue weighted by atomic mass is 28.2. The summed E-state index contributed by atoms with van der Waals surface area (Å²) >= 11 is 0. The molecule has 6 nitrogen and oxygen atoms in total. The third-order valence-corrected chi connectivity index (χ3v) is 17.6. The maximum atomic E-state index is 16.2. The van der Waals surface area contributed by atoms with Crippen molar-refractivity contribution < 1.29 is 28.5 Å². The first-order chi connectivity index (χ1) is 39.6. The number of hydrogen-bond donors (Lipinski definition) is 2. The van der Waals surface area contributed by atoms with Gasteiger partial charge in [0.25, 0.3) is 0 Å². The molecule has 0 aliphatic heterocycles. The standard InChI is InChI=1S/C76H86F2N2O4Si/c1-45-31-51(77)39-59(57-33-49(75(15,16)41-71(3,4)5)37-65(67(57)81)79-61-25-21-19-23-53(61)54-24-20-22-26-62(54)79)69(45)83-43-85-44-84-70-46(2)32-52(78)40-60(70)58-34-50(76(17,18)42-72(6,7)8)38-66(68(58)82)80-63-35-47(73(9,10)11)27-29-55(63)56-30-28-48(36-64(56)80)74(12,13)14/h19-40,81-82H,41-44H2,1-18H3. The molecule has 10 aromatic rings. The van der Waals surface area contributed by atoms with Gasteiger partial charge in [-0.25, -0.2) is 8.78 Å². The van der Waals surface area contributed by atoms with Gasteiger partial charge < -0.3 is 28.8 Å². The summed E-state index contributed by atoms with van der Waals surface area (Å²) < 4.78 is 50.1. The molecular weight excluding hydrogens is 1070 g/mol. The minimum Gasteiger partial charge on any atom is -0.505 e. The van der Waals surface area contributed by atoms with E-state index in [0.29, 0.717) is 56.3 Å². The van der Waals surface area contributed by atoms with Crippen LogP contribution in [0.15, 0.2) is 133 Å². The van der Waals surface area contributed by atoms with Crippen LogP contribution >= 0.6 is 0 Å². The average Bonchev–Trinajstić information content (AvgIpc) is 1.68. The molecule has 2 aromatic heterocycles. The minimum absolute atomic E-state index is 0.0153. The Kier molecular flexibility index (Phi) is 15.6. The Hall–Kier alpha value is -7.36. The number of phenolic OH excluding ortho intramolecular Hbond substituents is 2. The van der Waals surface area contributed by atoms with E-state index >= 15 is 8.78 Å². The van der Waals surface area contributed by atoms with Crippen LogP contribution in [0.5, 0.6) is 23.0 Å². The fourth-order valence-electron chi connectivity index (χ4n) is 13.6. The van der Waals surface area contributed by atoms with Crippen molar-refractivity contribution in [1.82, 2.24) is 9.13 Å². The Morgan fingerprint density at radius 2 is 0.753 bits per heavy atom. The summed E-state index contributed by atoms with van der Waals surface area (Å²) in [4.78, 5) is 0. The van der Waals surface area contributed by atoms with Gasteiger partial charge in [-0.1, -0.05) is 171 Å². The largest absolute Gasteiger partial charge is 0.505 e. The fourth-order valence-corrected chi connectivity index (χ4v) is 14.1. The SMILES string of the molecule is Cc1cc(F)cc(-c2cc(C(C)(C)CC(C)(C)C)cc(-n3c4ccccc4c4ccccc43)c2O)c1OC[Si]COc1c(C)cc(F)cc1-c1cc(C(C)(C)CC(C)(C)C)cc(-n2c3cc(C(C)(C)C)ccc3c3ccc(C(C)(C)C)cc32)c1O. The molecule has 8 aromatic carbocycles. The maximum Gasteiger partial charge on any atom is 0.147 e. The molecule has 0 unspecified atom stereocenters. The topological polar surface area (TPSA) is 68.8 Å². The summed E-state index contributed by atoms with van der Waals surface area (Å²) in [5.74, 6) is 0.0737. The molecule has 0 aliphatic rings. The summed E-state index contributed by atoms with van der Waals surface area (Å²) in [6, 6.07) is 44.0. The quantitative estimate of drug-likeness (QED) is 0.0841. The second kappa shape index (κ2) is 21.9. The van der Waals surface area contributed by atoms with Crippen LogP contribution in [-0.4, -0.2) is 41.3 Å². The van der Waals surface area contributed by atoms with Crippen LogP contribution < -0.4 is 9.47 Å². The number of fused-ring (bicyclic) bond motifs is 6. The maximum absolute atomic E-state index is 16.2. The van der Waals surface area contributed by atoms with E-state index in [1.54, 1.807) is 0 Å². The normalized spacial score (nSPS) is 13.0. The van der Waals surface area contributed by atoms with Crippen LogP contribution in [0.25, 0.3) is 77.2 Å². The van der Waals surface area contributed by atoms with Crippen molar-refractivity contribution >= 4 is 53.1 Å². The molecule has 0 aliphatic carbocycles. The van der Waals surface area contributed by atoms with Gasteiger partial charge in [-0.3, -0.25) is 0 Å². The van der Waals surface area contributed by atoms with E-state index in [0.717, 1.165) is 67.6 Å². The Bertz CT molecular complexity index is 4100. The van der Waals surface area contributed by atoms with Crippen molar-refractivity contribution in [2.45, 2.75) is 159 Å². The second-order valence-corrected chi connectivity index (χ2v) is 30.8. The van der Waals surface area contributed by atoms with Crippen molar-refractivity contribution in [2.24, 2.45) is 10.8 Å². The third-order valence-electron chi connectivity index (χ3n) is 16.9. The number of para-hydroxylation sites is 2. The number of aromatic nitrogens is 2. The first kappa shape index (κ1) is 60.7. The van der Waals surface area contributed by atoms with Gasteiger partial charge in [0.05, 0.1) is 45.9 Å². The van der Waals surface area contributed by atoms with E-state index in [-0.39, 0.29) is 66.0 Å². The molecule has 2 radical (unpaired) electrons. The zero-order valence-corrected chi connectivity index (χ0v) is 54.4. The van der Waals surface area contributed by atoms with Crippen molar-refractivity contribution in [3.05, 3.63) is 178 Å². The minimum atomic E-state index is -0.443. The van der Waals surface area contributed by atoms with Crippen molar-refractivity contribution in [2.75, 3.05) is 12.5 Å². The molecule has 0 saturated carbocycles. The first-order valence-electron chi connectivity index (χ1n) is 30.0. The third kappa shape index (κ3) is 12.0. The van der Waals surface area contributed by atoms with Crippen molar-refractivity contribution in [3.63, 3.8) is 0 Å². The van der Waals surface area contributed by atoms with Gasteiger partial charge in [0.2, 0.25) is 0 Å². The smallest absolute Gasteiger partial charge is 0.147 e. The monoisotopic (exact) mass is 1160 g/mol. The van der Waals surface area contributed by atoms with Gasteiger partial charge in [0.15, 0.2) is 0 Å². The van der Waals surface area contributed by atoms with Crippen molar-refractivity contribution in [3.8, 4) is 56.6 Å². The Morgan fingerprint density at radius 3 is 1.12 bits per heavy atom. The molecule has 0 atom stereocenters. The summed E-state index contributed by atoms with van der Waals surface area (Å²) in [7, 11) is 0.0741. The molecule has 10 rings (SSSR count). The number of rotatable bonds is 14. The lowest BCUT2D eigenvalue weighted by Crippen LogP contribution is -2.25. The second-order valence-electron chi connectivity index (χ2n) is 29.7. The van der Waals surface area contributed by atoms with Gasteiger partial charge in [0.1, 0.15) is 44.2 Å². The van der Waals surface area contributed by atoms with E-state index < -0.39 is 11.6 Å². The molecule has 85 heavy (non-hydrogen) atoms. The summed E-state index contributed by atoms with van der Waals surface area (Å²) in [5, 5.41) is 30.2. The van der Waals surface area contributed by atoms with Gasteiger partial charge in [-0.15, -0.1) is 0 Å². The molecule has 0 saturated heterocycles. The predicted molar refractivity (Wildman–Crippen MR) is 353 cm³/mol. The van der Waals surface area contributed by atoms with Crippen LogP contribution in [0.4, 0.5) is 8.78 Å². The molecule has 0 bridgehead atoms. The number of benzene rings is 8. The van der Waals surface area contributed by atoms with Crippen LogP contribution in [0.2, 0.25) is 0 Å². The number of aromatic hydroxyl groups is 2. The van der Waals surface area contributed by atoms with Gasteiger partial charge in [-0.2, -0.15) is 0 Å². The summed E-state index contributed by atoms with van der Waals surface area (Å²) in [5.41, 5.74) is 11.3. The van der Waals surface area contributed by atoms with E-state index in [1.807, 2.05) is 50.2 Å². The van der Waals surface area contributed by atoms with E-state index in [2.05, 4.69) is 193 Å². The lowest BCUT2D eigenvalue weighted by Gasteiger charge is -2.34. The molecule has 2 heterocycles. The number of nitrogens with zero attached hydrogens (tertiary/aromatic N) is 2. The summed E-state index contributed by atoms with van der Waals surface area (Å²) in [6.07, 6.45) is 2.09. The number of hydrogen-bond acceptors (Lipinski definition) is 4. The van der Waals surface area contributed by atoms with E-state index in [4.69, 9.17) is 9.47 Å². The molecule has 0 fully saturated rings. The predicted octanol–water partition coefficient (Wildman–Crippen LogP) is 20.6. The zero-order chi connectivity index (χ0) is 61.7. The average molecular weight is 1160 g/mol. The Labute approximate surface area is 505 Å². The molecule has 9 heteroatoms. The molecule has 0 amide bonds. The fraction of sp³-hybridized carbons (Fsp3) is 0.368. The number of phenols is 2. The zero-order valence-electron chi connectivity index (χ0n) is 53.4.